The summed E-state index contributed by atoms with van der Waals surface area (Å²) in [5.41, 5.74) is 6.68. The number of piperazine rings is 1. The van der Waals surface area contributed by atoms with Gasteiger partial charge in [0.05, 0.1) is 12.1 Å². The molecule has 0 aliphatic carbocycles. The molecule has 5 heteroatoms. The molecule has 0 radical (unpaired) electrons. The van der Waals surface area contributed by atoms with E-state index in [-0.39, 0.29) is 5.91 Å². The van der Waals surface area contributed by atoms with E-state index in [1.165, 1.54) is 0 Å². The Balaban J connectivity index is 2.04. The van der Waals surface area contributed by atoms with E-state index < -0.39 is 0 Å². The van der Waals surface area contributed by atoms with E-state index in [2.05, 4.69) is 35.6 Å². The van der Waals surface area contributed by atoms with E-state index in [1.54, 1.807) is 18.5 Å². The minimum absolute atomic E-state index is 0.0299. The maximum Gasteiger partial charge on any atom is 0.255 e. The molecule has 0 bridgehead atoms. The summed E-state index contributed by atoms with van der Waals surface area (Å²) < 4.78 is 0. The second-order valence-electron chi connectivity index (χ2n) is 5.39. The van der Waals surface area contributed by atoms with Crippen LogP contribution in [0.25, 0.3) is 0 Å². The van der Waals surface area contributed by atoms with Crippen LogP contribution in [0.4, 0.5) is 0 Å². The highest BCUT2D eigenvalue weighted by molar-refractivity contribution is 5.94. The number of carbonyl (C=O) groups excluding carboxylic acids is 1. The molecular weight excluding hydrogens is 264 g/mol. The SMILES string of the molecule is CC(C)N1CCN(C(=O)c2cncc(C#CCN)c2)CC1. The number of hydrogen-bond acceptors (Lipinski definition) is 4. The van der Waals surface area contributed by atoms with Gasteiger partial charge in [-0.15, -0.1) is 0 Å². The molecule has 2 heterocycles. The molecule has 2 N–H and O–H groups in total. The molecule has 1 saturated heterocycles. The van der Waals surface area contributed by atoms with Crippen LogP contribution in [0.2, 0.25) is 0 Å². The molecule has 0 atom stereocenters. The zero-order valence-corrected chi connectivity index (χ0v) is 12.7. The third-order valence-corrected chi connectivity index (χ3v) is 3.65. The fourth-order valence-corrected chi connectivity index (χ4v) is 2.40. The largest absolute Gasteiger partial charge is 0.336 e. The van der Waals surface area contributed by atoms with Crippen molar-refractivity contribution in [1.82, 2.24) is 14.8 Å². The van der Waals surface area contributed by atoms with Gasteiger partial charge in [-0.2, -0.15) is 0 Å². The van der Waals surface area contributed by atoms with Gasteiger partial charge in [0, 0.05) is 50.2 Å². The first kappa shape index (κ1) is 15.5. The van der Waals surface area contributed by atoms with Crippen LogP contribution in [-0.4, -0.2) is 59.5 Å². The molecule has 0 spiro atoms. The first-order valence-corrected chi connectivity index (χ1v) is 7.29. The van der Waals surface area contributed by atoms with E-state index in [1.807, 2.05) is 4.90 Å². The van der Waals surface area contributed by atoms with E-state index in [4.69, 9.17) is 5.73 Å². The Labute approximate surface area is 126 Å². The molecule has 2 rings (SSSR count). The summed E-state index contributed by atoms with van der Waals surface area (Å²) in [6.45, 7) is 8.02. The van der Waals surface area contributed by atoms with Gasteiger partial charge in [0.15, 0.2) is 0 Å². The number of amides is 1. The van der Waals surface area contributed by atoms with Crippen LogP contribution < -0.4 is 5.73 Å². The molecule has 1 aromatic rings. The molecule has 5 nitrogen and oxygen atoms in total. The summed E-state index contributed by atoms with van der Waals surface area (Å²) in [5.74, 6) is 5.71. The second kappa shape index (κ2) is 7.21. The van der Waals surface area contributed by atoms with Crippen LogP contribution >= 0.6 is 0 Å². The number of rotatable bonds is 2. The lowest BCUT2D eigenvalue weighted by molar-refractivity contribution is 0.0595. The number of nitrogens with zero attached hydrogens (tertiary/aromatic N) is 3. The lowest BCUT2D eigenvalue weighted by atomic mass is 10.1. The standard InChI is InChI=1S/C16H22N4O/c1-13(2)19-6-8-20(9-7-19)16(21)15-10-14(4-3-5-17)11-18-12-15/h10-13H,5-9,17H2,1-2H3. The average molecular weight is 286 g/mol. The van der Waals surface area contributed by atoms with Crippen molar-refractivity contribution in [3.05, 3.63) is 29.6 Å². The van der Waals surface area contributed by atoms with Gasteiger partial charge < -0.3 is 10.6 Å². The Morgan fingerprint density at radius 3 is 2.67 bits per heavy atom. The van der Waals surface area contributed by atoms with Crippen LogP contribution in [0.5, 0.6) is 0 Å². The van der Waals surface area contributed by atoms with Gasteiger partial charge in [-0.25, -0.2) is 0 Å². The van der Waals surface area contributed by atoms with Crippen molar-refractivity contribution >= 4 is 5.91 Å². The zero-order valence-electron chi connectivity index (χ0n) is 12.7. The van der Waals surface area contributed by atoms with E-state index in [0.29, 0.717) is 18.2 Å². The first-order valence-electron chi connectivity index (χ1n) is 7.29. The highest BCUT2D eigenvalue weighted by atomic mass is 16.2. The fraction of sp³-hybridized carbons (Fsp3) is 0.500. The van der Waals surface area contributed by atoms with Crippen LogP contribution in [0.15, 0.2) is 18.5 Å². The normalized spacial score (nSPS) is 15.7. The monoisotopic (exact) mass is 286 g/mol. The summed E-state index contributed by atoms with van der Waals surface area (Å²) in [7, 11) is 0. The van der Waals surface area contributed by atoms with Crippen molar-refractivity contribution in [2.24, 2.45) is 5.73 Å². The third kappa shape index (κ3) is 4.03. The minimum atomic E-state index is 0.0299. The fourth-order valence-electron chi connectivity index (χ4n) is 2.40. The molecule has 1 amide bonds. The summed E-state index contributed by atoms with van der Waals surface area (Å²) in [6.07, 6.45) is 3.25. The van der Waals surface area contributed by atoms with Crippen molar-refractivity contribution in [2.75, 3.05) is 32.7 Å². The molecule has 112 valence electrons. The highest BCUT2D eigenvalue weighted by Crippen LogP contribution is 2.11. The highest BCUT2D eigenvalue weighted by Gasteiger charge is 2.23. The predicted molar refractivity (Wildman–Crippen MR) is 82.8 cm³/mol. The van der Waals surface area contributed by atoms with E-state index >= 15 is 0 Å². The molecule has 0 saturated carbocycles. The lowest BCUT2D eigenvalue weighted by Gasteiger charge is -2.36. The Morgan fingerprint density at radius 2 is 2.05 bits per heavy atom. The van der Waals surface area contributed by atoms with Gasteiger partial charge in [0.2, 0.25) is 0 Å². The van der Waals surface area contributed by atoms with Gasteiger partial charge >= 0.3 is 0 Å². The zero-order chi connectivity index (χ0) is 15.2. The smallest absolute Gasteiger partial charge is 0.255 e. The number of carbonyl (C=O) groups is 1. The van der Waals surface area contributed by atoms with E-state index in [9.17, 15) is 4.79 Å². The van der Waals surface area contributed by atoms with Crippen LogP contribution in [0.1, 0.15) is 29.8 Å². The summed E-state index contributed by atoms with van der Waals surface area (Å²) >= 11 is 0. The molecule has 1 aromatic heterocycles. The Kier molecular flexibility index (Phi) is 5.32. The van der Waals surface area contributed by atoms with E-state index in [0.717, 1.165) is 31.7 Å². The first-order chi connectivity index (χ1) is 10.1. The topological polar surface area (TPSA) is 62.5 Å². The molecule has 0 unspecified atom stereocenters. The van der Waals surface area contributed by atoms with Crippen molar-refractivity contribution < 1.29 is 4.79 Å². The van der Waals surface area contributed by atoms with Crippen molar-refractivity contribution in [2.45, 2.75) is 19.9 Å². The molecule has 0 aromatic carbocycles. The Bertz CT molecular complexity index is 551. The van der Waals surface area contributed by atoms with Gasteiger partial charge in [0.1, 0.15) is 0 Å². The van der Waals surface area contributed by atoms with Gasteiger partial charge in [0.25, 0.3) is 5.91 Å². The number of aromatic nitrogens is 1. The van der Waals surface area contributed by atoms with Crippen molar-refractivity contribution in [3.8, 4) is 11.8 Å². The van der Waals surface area contributed by atoms with Crippen LogP contribution in [0, 0.1) is 11.8 Å². The average Bonchev–Trinajstić information content (AvgIpc) is 2.52. The minimum Gasteiger partial charge on any atom is -0.336 e. The second-order valence-corrected chi connectivity index (χ2v) is 5.39. The lowest BCUT2D eigenvalue weighted by Crippen LogP contribution is -2.50. The number of hydrogen-bond donors (Lipinski definition) is 1. The molecule has 1 aliphatic heterocycles. The number of nitrogens with two attached hydrogens (primary N) is 1. The van der Waals surface area contributed by atoms with Gasteiger partial charge in [-0.3, -0.25) is 14.7 Å². The maximum atomic E-state index is 12.5. The Hall–Kier alpha value is -1.90. The quantitative estimate of drug-likeness (QED) is 0.807. The Morgan fingerprint density at radius 1 is 1.33 bits per heavy atom. The maximum absolute atomic E-state index is 12.5. The van der Waals surface area contributed by atoms with Crippen LogP contribution in [0.3, 0.4) is 0 Å². The van der Waals surface area contributed by atoms with Crippen LogP contribution in [-0.2, 0) is 0 Å². The van der Waals surface area contributed by atoms with Gasteiger partial charge in [-0.05, 0) is 19.9 Å². The number of pyridine rings is 1. The third-order valence-electron chi connectivity index (χ3n) is 3.65. The molecular formula is C16H22N4O. The van der Waals surface area contributed by atoms with Crippen molar-refractivity contribution in [1.29, 1.82) is 0 Å². The summed E-state index contributed by atoms with van der Waals surface area (Å²) in [4.78, 5) is 20.9. The molecule has 1 fully saturated rings. The molecule has 1 aliphatic rings. The summed E-state index contributed by atoms with van der Waals surface area (Å²) in [6, 6.07) is 2.31. The van der Waals surface area contributed by atoms with Gasteiger partial charge in [-0.1, -0.05) is 11.8 Å². The summed E-state index contributed by atoms with van der Waals surface area (Å²) in [5, 5.41) is 0. The van der Waals surface area contributed by atoms with Crippen molar-refractivity contribution in [3.63, 3.8) is 0 Å². The molecule has 21 heavy (non-hydrogen) atoms. The predicted octanol–water partition coefficient (Wildman–Crippen LogP) is 0.558.